The number of benzene rings is 1. The summed E-state index contributed by atoms with van der Waals surface area (Å²) in [6, 6.07) is 5.85. The van der Waals surface area contributed by atoms with Crippen LogP contribution in [0.25, 0.3) is 0 Å². The van der Waals surface area contributed by atoms with Crippen LogP contribution in [0.2, 0.25) is 0 Å². The van der Waals surface area contributed by atoms with Crippen LogP contribution >= 0.6 is 0 Å². The fourth-order valence-electron chi connectivity index (χ4n) is 2.27. The van der Waals surface area contributed by atoms with Crippen LogP contribution in [-0.2, 0) is 9.59 Å². The highest BCUT2D eigenvalue weighted by molar-refractivity contribution is 6.16. The molecule has 8 heteroatoms. The van der Waals surface area contributed by atoms with E-state index in [-0.39, 0.29) is 0 Å². The molecule has 8 nitrogen and oxygen atoms in total. The maximum absolute atomic E-state index is 11.9. The highest BCUT2D eigenvalue weighted by atomic mass is 16.6. The van der Waals surface area contributed by atoms with Crippen molar-refractivity contribution >= 4 is 17.8 Å². The Labute approximate surface area is 119 Å². The Kier molecular flexibility index (Phi) is 3.97. The van der Waals surface area contributed by atoms with Crippen LogP contribution in [0.15, 0.2) is 24.3 Å². The van der Waals surface area contributed by atoms with Gasteiger partial charge in [-0.2, -0.15) is 0 Å². The topological polar surface area (TPSA) is 118 Å². The predicted octanol–water partition coefficient (Wildman–Crippen LogP) is 0.338. The third kappa shape index (κ3) is 3.22. The molecule has 1 atom stereocenters. The van der Waals surface area contributed by atoms with Gasteiger partial charge in [-0.15, -0.1) is 0 Å². The molecule has 1 aromatic carbocycles. The van der Waals surface area contributed by atoms with Crippen molar-refractivity contribution in [3.05, 3.63) is 45.5 Å². The van der Waals surface area contributed by atoms with Gasteiger partial charge in [0.2, 0.25) is 18.4 Å². The molecule has 0 spiro atoms. The number of hydrogen-bond acceptors (Lipinski definition) is 5. The first-order chi connectivity index (χ1) is 9.88. The lowest BCUT2D eigenvalue weighted by molar-refractivity contribution is -0.484. The van der Waals surface area contributed by atoms with Crippen LogP contribution in [0.4, 0.5) is 4.79 Å². The summed E-state index contributed by atoms with van der Waals surface area (Å²) in [5.74, 6) is -3.89. The van der Waals surface area contributed by atoms with E-state index in [9.17, 15) is 24.5 Å². The molecular formula is C13H13N3O5. The van der Waals surface area contributed by atoms with Gasteiger partial charge < -0.3 is 0 Å². The highest BCUT2D eigenvalue weighted by Crippen LogP contribution is 2.27. The average molecular weight is 291 g/mol. The van der Waals surface area contributed by atoms with E-state index in [1.165, 1.54) is 0 Å². The Bertz CT molecular complexity index is 591. The summed E-state index contributed by atoms with van der Waals surface area (Å²) < 4.78 is 0. The number of carbonyl (C=O) groups is 3. The highest BCUT2D eigenvalue weighted by Gasteiger charge is 2.43. The number of urea groups is 1. The summed E-state index contributed by atoms with van der Waals surface area (Å²) in [7, 11) is 0. The molecular weight excluding hydrogens is 278 g/mol. The van der Waals surface area contributed by atoms with Gasteiger partial charge in [-0.1, -0.05) is 29.8 Å². The fourth-order valence-corrected chi connectivity index (χ4v) is 2.27. The van der Waals surface area contributed by atoms with E-state index >= 15 is 0 Å². The number of nitrogens with one attached hydrogen (secondary N) is 2. The van der Waals surface area contributed by atoms with Crippen molar-refractivity contribution in [1.82, 2.24) is 10.6 Å². The Balaban J connectivity index is 2.37. The lowest BCUT2D eigenvalue weighted by Crippen LogP contribution is -2.57. The zero-order chi connectivity index (χ0) is 15.6. The van der Waals surface area contributed by atoms with E-state index in [1.807, 2.05) is 17.6 Å². The normalized spacial score (nSPS) is 17.1. The third-order valence-corrected chi connectivity index (χ3v) is 3.29. The van der Waals surface area contributed by atoms with Crippen LogP contribution in [0.5, 0.6) is 0 Å². The number of nitrogens with zero attached hydrogens (tertiary/aromatic N) is 1. The van der Waals surface area contributed by atoms with Crippen molar-refractivity contribution < 1.29 is 19.3 Å². The first-order valence-electron chi connectivity index (χ1n) is 6.22. The third-order valence-electron chi connectivity index (χ3n) is 3.29. The molecule has 1 fully saturated rings. The molecule has 1 aliphatic rings. The van der Waals surface area contributed by atoms with Gasteiger partial charge in [-0.05, 0) is 12.5 Å². The first-order valence-corrected chi connectivity index (χ1v) is 6.22. The van der Waals surface area contributed by atoms with E-state index in [0.717, 1.165) is 5.56 Å². The minimum Gasteiger partial charge on any atom is -0.277 e. The zero-order valence-corrected chi connectivity index (χ0v) is 11.2. The molecule has 1 unspecified atom stereocenters. The average Bonchev–Trinajstić information content (AvgIpc) is 2.37. The van der Waals surface area contributed by atoms with Crippen molar-refractivity contribution in [3.8, 4) is 0 Å². The van der Waals surface area contributed by atoms with E-state index < -0.39 is 41.1 Å². The van der Waals surface area contributed by atoms with Gasteiger partial charge in [0.05, 0.1) is 5.92 Å². The van der Waals surface area contributed by atoms with E-state index in [1.54, 1.807) is 24.3 Å². The van der Waals surface area contributed by atoms with Gasteiger partial charge in [0.15, 0.2) is 0 Å². The van der Waals surface area contributed by atoms with Crippen LogP contribution in [0.3, 0.4) is 0 Å². The maximum Gasteiger partial charge on any atom is 0.328 e. The molecule has 0 radical (unpaired) electrons. The van der Waals surface area contributed by atoms with Crippen molar-refractivity contribution in [1.29, 1.82) is 0 Å². The molecule has 2 N–H and O–H groups in total. The second kappa shape index (κ2) is 5.70. The minimum absolute atomic E-state index is 0.502. The number of hydrogen-bond donors (Lipinski definition) is 2. The van der Waals surface area contributed by atoms with E-state index in [0.29, 0.717) is 5.56 Å². The van der Waals surface area contributed by atoms with Gasteiger partial charge in [-0.3, -0.25) is 30.3 Å². The molecule has 1 heterocycles. The van der Waals surface area contributed by atoms with Crippen molar-refractivity contribution in [3.63, 3.8) is 0 Å². The molecule has 0 aliphatic carbocycles. The standard InChI is InChI=1S/C13H13N3O5/c1-7-2-4-8(5-3-7)9(6-16(20)21)10-11(17)14-13(19)15-12(10)18/h2-5,9-10H,6H2,1H3,(H2,14,15,17,18,19). The Morgan fingerprint density at radius 1 is 1.14 bits per heavy atom. The number of imide groups is 2. The quantitative estimate of drug-likeness (QED) is 0.471. The SMILES string of the molecule is Cc1ccc(C(C[N+](=O)[O-])C2C(=O)NC(=O)NC2=O)cc1. The molecule has 0 bridgehead atoms. The predicted molar refractivity (Wildman–Crippen MR) is 71.0 cm³/mol. The van der Waals surface area contributed by atoms with Gasteiger partial charge >= 0.3 is 6.03 Å². The molecule has 0 aromatic heterocycles. The summed E-state index contributed by atoms with van der Waals surface area (Å²) in [5.41, 5.74) is 1.45. The molecule has 0 saturated carbocycles. The van der Waals surface area contributed by atoms with Crippen molar-refractivity contribution in [2.24, 2.45) is 5.92 Å². The number of aryl methyl sites for hydroxylation is 1. The van der Waals surface area contributed by atoms with Gasteiger partial charge in [0.1, 0.15) is 5.92 Å². The second-order valence-electron chi connectivity index (χ2n) is 4.82. The van der Waals surface area contributed by atoms with Gasteiger partial charge in [-0.25, -0.2) is 4.79 Å². The molecule has 4 amide bonds. The summed E-state index contributed by atoms with van der Waals surface area (Å²) >= 11 is 0. The largest absolute Gasteiger partial charge is 0.328 e. The summed E-state index contributed by atoms with van der Waals surface area (Å²) in [4.78, 5) is 45.0. The summed E-state index contributed by atoms with van der Waals surface area (Å²) in [6.07, 6.45) is 0. The van der Waals surface area contributed by atoms with Crippen LogP contribution in [0.1, 0.15) is 17.0 Å². The van der Waals surface area contributed by atoms with Gasteiger partial charge in [0, 0.05) is 4.92 Å². The first kappa shape index (κ1) is 14.6. The second-order valence-corrected chi connectivity index (χ2v) is 4.82. The van der Waals surface area contributed by atoms with Crippen LogP contribution in [-0.4, -0.2) is 29.3 Å². The monoisotopic (exact) mass is 291 g/mol. The number of amides is 4. The van der Waals surface area contributed by atoms with E-state index in [2.05, 4.69) is 0 Å². The smallest absolute Gasteiger partial charge is 0.277 e. The van der Waals surface area contributed by atoms with Crippen LogP contribution < -0.4 is 10.6 Å². The summed E-state index contributed by atoms with van der Waals surface area (Å²) in [6.45, 7) is 1.27. The molecule has 110 valence electrons. The number of nitro groups is 1. The lowest BCUT2D eigenvalue weighted by atomic mass is 9.83. The maximum atomic E-state index is 11.9. The minimum atomic E-state index is -1.31. The molecule has 2 rings (SSSR count). The Morgan fingerprint density at radius 2 is 1.67 bits per heavy atom. The molecule has 1 saturated heterocycles. The Morgan fingerprint density at radius 3 is 2.14 bits per heavy atom. The van der Waals surface area contributed by atoms with Gasteiger partial charge in [0.25, 0.3) is 0 Å². The molecule has 1 aliphatic heterocycles. The van der Waals surface area contributed by atoms with Crippen LogP contribution in [0, 0.1) is 23.0 Å². The number of rotatable bonds is 4. The number of carbonyl (C=O) groups excluding carboxylic acids is 3. The van der Waals surface area contributed by atoms with E-state index in [4.69, 9.17) is 0 Å². The van der Waals surface area contributed by atoms with Crippen molar-refractivity contribution in [2.75, 3.05) is 6.54 Å². The fraction of sp³-hybridized carbons (Fsp3) is 0.308. The zero-order valence-electron chi connectivity index (χ0n) is 11.2. The Hall–Kier alpha value is -2.77. The molecule has 21 heavy (non-hydrogen) atoms. The summed E-state index contributed by atoms with van der Waals surface area (Å²) in [5, 5.41) is 14.8. The molecule has 1 aromatic rings. The number of barbiturate groups is 1. The van der Waals surface area contributed by atoms with Crippen molar-refractivity contribution in [2.45, 2.75) is 12.8 Å². The lowest BCUT2D eigenvalue weighted by Gasteiger charge is -2.26.